The predicted molar refractivity (Wildman–Crippen MR) is 129 cm³/mol. The Morgan fingerprint density at radius 3 is 3.00 bits per heavy atom. The molecule has 2 heterocycles. The number of hydrogen-bond acceptors (Lipinski definition) is 4. The molecular weight excluding hydrogens is 477 g/mol. The van der Waals surface area contributed by atoms with E-state index in [0.29, 0.717) is 6.04 Å². The number of nitriles is 1. The van der Waals surface area contributed by atoms with Gasteiger partial charge < -0.3 is 20.3 Å². The lowest BCUT2D eigenvalue weighted by molar-refractivity contribution is 0.153. The van der Waals surface area contributed by atoms with Crippen molar-refractivity contribution in [2.45, 2.75) is 38.6 Å². The second-order valence-corrected chi connectivity index (χ2v) is 7.26. The molecule has 0 spiro atoms. The summed E-state index contributed by atoms with van der Waals surface area (Å²) in [5.41, 5.74) is 3.22. The summed E-state index contributed by atoms with van der Waals surface area (Å²) >= 11 is 0. The zero-order chi connectivity index (χ0) is 19.6. The minimum Gasteiger partial charge on any atom is -0.377 e. The highest BCUT2D eigenvalue weighted by atomic mass is 127. The van der Waals surface area contributed by atoms with Crippen LogP contribution in [0.15, 0.2) is 40.9 Å². The lowest BCUT2D eigenvalue weighted by Crippen LogP contribution is -2.51. The number of halogens is 1. The number of hydrogen-bond donors (Lipinski definition) is 2. The Labute approximate surface area is 191 Å². The molecule has 0 amide bonds. The molecule has 158 valence electrons. The van der Waals surface area contributed by atoms with Gasteiger partial charge in [-0.15, -0.1) is 24.0 Å². The van der Waals surface area contributed by atoms with Gasteiger partial charge in [0.15, 0.2) is 5.96 Å². The third-order valence-electron chi connectivity index (χ3n) is 5.23. The molecular formula is C22H32IN5O. The van der Waals surface area contributed by atoms with Crippen molar-refractivity contribution >= 4 is 35.6 Å². The number of nitrogens with one attached hydrogen (secondary N) is 2. The molecule has 2 N–H and O–H groups in total. The number of para-hydroxylation sites is 1. The fourth-order valence-electron chi connectivity index (χ4n) is 3.77. The van der Waals surface area contributed by atoms with Crippen molar-refractivity contribution in [3.05, 3.63) is 41.5 Å². The predicted octanol–water partition coefficient (Wildman–Crippen LogP) is 3.44. The number of guanidine groups is 1. The van der Waals surface area contributed by atoms with Crippen LogP contribution in [-0.4, -0.2) is 51.4 Å². The van der Waals surface area contributed by atoms with E-state index in [2.05, 4.69) is 34.6 Å². The Morgan fingerprint density at radius 2 is 2.24 bits per heavy atom. The zero-order valence-corrected chi connectivity index (χ0v) is 19.5. The molecule has 3 rings (SSSR count). The average molecular weight is 509 g/mol. The minimum atomic E-state index is 0. The molecule has 0 aliphatic carbocycles. The molecule has 0 saturated carbocycles. The van der Waals surface area contributed by atoms with Crippen molar-refractivity contribution in [1.29, 1.82) is 5.26 Å². The van der Waals surface area contributed by atoms with E-state index in [1.54, 1.807) is 0 Å². The summed E-state index contributed by atoms with van der Waals surface area (Å²) in [4.78, 5) is 7.09. The molecule has 0 bridgehead atoms. The molecule has 1 unspecified atom stereocenters. The van der Waals surface area contributed by atoms with Crippen molar-refractivity contribution in [1.82, 2.24) is 10.6 Å². The van der Waals surface area contributed by atoms with Gasteiger partial charge in [-0.05, 0) is 44.7 Å². The average Bonchev–Trinajstić information content (AvgIpc) is 2.75. The number of ether oxygens (including phenoxy) is 1. The second kappa shape index (κ2) is 12.7. The van der Waals surface area contributed by atoms with E-state index in [0.717, 1.165) is 82.3 Å². The minimum absolute atomic E-state index is 0. The molecule has 29 heavy (non-hydrogen) atoms. The third kappa shape index (κ3) is 7.19. The number of nitrogens with zero attached hydrogens (tertiary/aromatic N) is 3. The van der Waals surface area contributed by atoms with Crippen molar-refractivity contribution < 1.29 is 4.74 Å². The van der Waals surface area contributed by atoms with Crippen LogP contribution in [-0.2, 0) is 4.74 Å². The Hall–Kier alpha value is -1.79. The van der Waals surface area contributed by atoms with E-state index in [1.165, 1.54) is 5.57 Å². The standard InChI is InChI=1S/C22H31N5O.HI/c1-2-24-22(25-12-9-18-10-14-28-15-11-18)26-20-7-5-13-27(17-20)21-8-4-3-6-19(21)16-23;/h3-4,6,8,10,20H,2,5,7,9,11-15,17H2,1H3,(H2,24,25,26);1H. The maximum Gasteiger partial charge on any atom is 0.191 e. The van der Waals surface area contributed by atoms with Gasteiger partial charge in [0.05, 0.1) is 24.5 Å². The Balaban J connectivity index is 0.00000300. The molecule has 1 aromatic rings. The Morgan fingerprint density at radius 1 is 1.38 bits per heavy atom. The second-order valence-electron chi connectivity index (χ2n) is 7.26. The van der Waals surface area contributed by atoms with Gasteiger partial charge in [-0.25, -0.2) is 0 Å². The van der Waals surface area contributed by atoms with Crippen molar-refractivity contribution in [3.8, 4) is 6.07 Å². The summed E-state index contributed by atoms with van der Waals surface area (Å²) < 4.78 is 5.37. The van der Waals surface area contributed by atoms with Gasteiger partial charge in [0.1, 0.15) is 6.07 Å². The third-order valence-corrected chi connectivity index (χ3v) is 5.23. The maximum absolute atomic E-state index is 9.40. The van der Waals surface area contributed by atoms with E-state index in [1.807, 2.05) is 24.3 Å². The van der Waals surface area contributed by atoms with Crippen LogP contribution in [0.3, 0.4) is 0 Å². The summed E-state index contributed by atoms with van der Waals surface area (Å²) in [5.74, 6) is 0.885. The number of anilines is 1. The van der Waals surface area contributed by atoms with E-state index in [-0.39, 0.29) is 24.0 Å². The highest BCUT2D eigenvalue weighted by Gasteiger charge is 2.22. The van der Waals surface area contributed by atoms with Crippen LogP contribution < -0.4 is 15.5 Å². The molecule has 0 radical (unpaired) electrons. The first-order valence-corrected chi connectivity index (χ1v) is 10.3. The summed E-state index contributed by atoms with van der Waals surface area (Å²) in [6.07, 6.45) is 6.41. The van der Waals surface area contributed by atoms with Crippen LogP contribution in [0.1, 0.15) is 38.2 Å². The van der Waals surface area contributed by atoms with Crippen molar-refractivity contribution in [3.63, 3.8) is 0 Å². The van der Waals surface area contributed by atoms with E-state index < -0.39 is 0 Å². The van der Waals surface area contributed by atoms with Crippen molar-refractivity contribution in [2.75, 3.05) is 44.3 Å². The topological polar surface area (TPSA) is 72.7 Å². The van der Waals surface area contributed by atoms with Crippen molar-refractivity contribution in [2.24, 2.45) is 4.99 Å². The molecule has 7 heteroatoms. The fraction of sp³-hybridized carbons (Fsp3) is 0.545. The Bertz CT molecular complexity index is 743. The molecule has 1 aromatic carbocycles. The quantitative estimate of drug-likeness (QED) is 0.266. The van der Waals surface area contributed by atoms with E-state index in [4.69, 9.17) is 9.73 Å². The van der Waals surface area contributed by atoms with E-state index in [9.17, 15) is 5.26 Å². The van der Waals surface area contributed by atoms with Gasteiger partial charge in [0, 0.05) is 32.2 Å². The number of piperidine rings is 1. The van der Waals surface area contributed by atoms with Crippen LogP contribution in [0.25, 0.3) is 0 Å². The van der Waals surface area contributed by atoms with Crippen LogP contribution in [0, 0.1) is 11.3 Å². The van der Waals surface area contributed by atoms with Gasteiger partial charge in [-0.3, -0.25) is 4.99 Å². The van der Waals surface area contributed by atoms with Crippen LogP contribution >= 0.6 is 24.0 Å². The van der Waals surface area contributed by atoms with Crippen LogP contribution in [0.5, 0.6) is 0 Å². The van der Waals surface area contributed by atoms with Gasteiger partial charge in [-0.2, -0.15) is 5.26 Å². The van der Waals surface area contributed by atoms with Gasteiger partial charge in [0.2, 0.25) is 0 Å². The molecule has 1 atom stereocenters. The first-order chi connectivity index (χ1) is 13.8. The van der Waals surface area contributed by atoms with Crippen LogP contribution in [0.4, 0.5) is 5.69 Å². The lowest BCUT2D eigenvalue weighted by Gasteiger charge is -2.35. The number of rotatable bonds is 6. The molecule has 1 fully saturated rings. The summed E-state index contributed by atoms with van der Waals surface area (Å²) in [5, 5.41) is 16.4. The fourth-order valence-corrected chi connectivity index (χ4v) is 3.77. The van der Waals surface area contributed by atoms with Gasteiger partial charge in [0.25, 0.3) is 0 Å². The van der Waals surface area contributed by atoms with E-state index >= 15 is 0 Å². The van der Waals surface area contributed by atoms with Gasteiger partial charge >= 0.3 is 0 Å². The van der Waals surface area contributed by atoms with Gasteiger partial charge in [-0.1, -0.05) is 23.8 Å². The lowest BCUT2D eigenvalue weighted by atomic mass is 10.0. The molecule has 1 saturated heterocycles. The SMILES string of the molecule is CCNC(=NCCC1=CCOCC1)NC1CCCN(c2ccccc2C#N)C1.I. The molecule has 0 aromatic heterocycles. The largest absolute Gasteiger partial charge is 0.377 e. The first-order valence-electron chi connectivity index (χ1n) is 10.3. The normalized spacial score (nSPS) is 19.6. The monoisotopic (exact) mass is 509 g/mol. The maximum atomic E-state index is 9.40. The molecule has 2 aliphatic heterocycles. The summed E-state index contributed by atoms with van der Waals surface area (Å²) in [7, 11) is 0. The number of aliphatic imine (C=N–C) groups is 1. The first kappa shape index (κ1) is 23.5. The molecule has 2 aliphatic rings. The van der Waals surface area contributed by atoms with Crippen LogP contribution in [0.2, 0.25) is 0 Å². The smallest absolute Gasteiger partial charge is 0.191 e. The zero-order valence-electron chi connectivity index (χ0n) is 17.2. The molecule has 6 nitrogen and oxygen atoms in total. The number of benzene rings is 1. The highest BCUT2D eigenvalue weighted by molar-refractivity contribution is 14.0. The Kier molecular flexibility index (Phi) is 10.3. The highest BCUT2D eigenvalue weighted by Crippen LogP contribution is 2.23. The summed E-state index contributed by atoms with van der Waals surface area (Å²) in [6, 6.07) is 10.5. The summed E-state index contributed by atoms with van der Waals surface area (Å²) in [6.45, 7) is 7.15.